The van der Waals surface area contributed by atoms with Gasteiger partial charge in [-0.15, -0.1) is 0 Å². The predicted molar refractivity (Wildman–Crippen MR) is 73.3 cm³/mol. The van der Waals surface area contributed by atoms with Crippen molar-refractivity contribution in [3.05, 3.63) is 59.7 Å². The maximum Gasteiger partial charge on any atom is 0.193 e. The lowest BCUT2D eigenvalue weighted by molar-refractivity contribution is 0.103. The van der Waals surface area contributed by atoms with Crippen LogP contribution in [0.15, 0.2) is 48.5 Å². The largest absolute Gasteiger partial charge is 0.755 e. The number of rotatable bonds is 4. The summed E-state index contributed by atoms with van der Waals surface area (Å²) in [7, 11) is 0. The van der Waals surface area contributed by atoms with Crippen molar-refractivity contribution in [2.75, 3.05) is 10.5 Å². The van der Waals surface area contributed by atoms with Crippen LogP contribution in [0.2, 0.25) is 0 Å². The van der Waals surface area contributed by atoms with Gasteiger partial charge in [0.2, 0.25) is 0 Å². The molecule has 0 aliphatic heterocycles. The zero-order valence-electron chi connectivity index (χ0n) is 9.83. The molecule has 1 unspecified atom stereocenters. The van der Waals surface area contributed by atoms with Crippen molar-refractivity contribution in [2.24, 2.45) is 0 Å². The summed E-state index contributed by atoms with van der Waals surface area (Å²) in [6, 6.07) is 13.2. The first kappa shape index (κ1) is 13.3. The number of nitrogen functional groups attached to an aromatic ring is 1. The fraction of sp³-hybridized carbons (Fsp3) is 0. The Kier molecular flexibility index (Phi) is 3.94. The molecule has 6 heteroatoms. The van der Waals surface area contributed by atoms with Crippen LogP contribution in [0.3, 0.4) is 0 Å². The summed E-state index contributed by atoms with van der Waals surface area (Å²) in [6.45, 7) is 0. The lowest BCUT2D eigenvalue weighted by atomic mass is 10.0. The Labute approximate surface area is 112 Å². The summed E-state index contributed by atoms with van der Waals surface area (Å²) in [6.07, 6.45) is 0. The number of ketones is 1. The summed E-state index contributed by atoms with van der Waals surface area (Å²) < 4.78 is 23.4. The molecule has 19 heavy (non-hydrogen) atoms. The van der Waals surface area contributed by atoms with E-state index in [0.717, 1.165) is 0 Å². The fourth-order valence-corrected chi connectivity index (χ4v) is 1.99. The molecule has 0 aromatic heterocycles. The number of carbonyl (C=O) groups excluding carboxylic acids is 1. The SMILES string of the molecule is Nc1ccc(C(=O)c2ccccc2)cc1NS(=O)[O-]. The molecule has 2 rings (SSSR count). The van der Waals surface area contributed by atoms with Gasteiger partial charge in [-0.05, 0) is 18.2 Å². The van der Waals surface area contributed by atoms with Gasteiger partial charge in [-0.1, -0.05) is 30.3 Å². The smallest absolute Gasteiger partial charge is 0.193 e. The van der Waals surface area contributed by atoms with Gasteiger partial charge in [-0.2, -0.15) is 0 Å². The van der Waals surface area contributed by atoms with Crippen molar-refractivity contribution in [1.82, 2.24) is 0 Å². The number of anilines is 2. The van der Waals surface area contributed by atoms with Gasteiger partial charge >= 0.3 is 0 Å². The predicted octanol–water partition coefficient (Wildman–Crippen LogP) is 1.71. The average Bonchev–Trinajstić information content (AvgIpc) is 2.41. The zero-order valence-corrected chi connectivity index (χ0v) is 10.6. The first-order valence-electron chi connectivity index (χ1n) is 5.43. The summed E-state index contributed by atoms with van der Waals surface area (Å²) in [5.41, 5.74) is 6.98. The summed E-state index contributed by atoms with van der Waals surface area (Å²) in [5, 5.41) is 0. The number of benzene rings is 2. The molecule has 0 saturated heterocycles. The van der Waals surface area contributed by atoms with E-state index in [0.29, 0.717) is 11.1 Å². The topological polar surface area (TPSA) is 95.2 Å². The second-order valence-electron chi connectivity index (χ2n) is 3.83. The van der Waals surface area contributed by atoms with Crippen molar-refractivity contribution in [2.45, 2.75) is 0 Å². The van der Waals surface area contributed by atoms with Crippen LogP contribution in [0.4, 0.5) is 11.4 Å². The van der Waals surface area contributed by atoms with Crippen molar-refractivity contribution in [1.29, 1.82) is 0 Å². The van der Waals surface area contributed by atoms with Gasteiger partial charge in [-0.25, -0.2) is 0 Å². The molecule has 0 bridgehead atoms. The summed E-state index contributed by atoms with van der Waals surface area (Å²) in [5.74, 6) is -0.194. The van der Waals surface area contributed by atoms with Crippen molar-refractivity contribution in [3.63, 3.8) is 0 Å². The second kappa shape index (κ2) is 5.64. The molecule has 3 N–H and O–H groups in total. The molecule has 0 saturated carbocycles. The molecule has 0 radical (unpaired) electrons. The van der Waals surface area contributed by atoms with E-state index in [1.807, 2.05) is 6.07 Å². The normalized spacial score (nSPS) is 11.8. The summed E-state index contributed by atoms with van der Waals surface area (Å²) in [4.78, 5) is 12.2. The lowest BCUT2D eigenvalue weighted by Gasteiger charge is -2.12. The third kappa shape index (κ3) is 3.18. The lowest BCUT2D eigenvalue weighted by Crippen LogP contribution is -2.07. The quantitative estimate of drug-likeness (QED) is 0.504. The molecule has 0 aliphatic carbocycles. The zero-order chi connectivity index (χ0) is 13.8. The van der Waals surface area contributed by atoms with E-state index < -0.39 is 11.3 Å². The van der Waals surface area contributed by atoms with Crippen LogP contribution < -0.4 is 10.5 Å². The molecule has 5 nitrogen and oxygen atoms in total. The Bertz CT molecular complexity index is 629. The Morgan fingerprint density at radius 1 is 1.11 bits per heavy atom. The maximum atomic E-state index is 12.2. The minimum atomic E-state index is -2.48. The Morgan fingerprint density at radius 2 is 1.79 bits per heavy atom. The van der Waals surface area contributed by atoms with Crippen molar-refractivity contribution < 1.29 is 13.6 Å². The third-order valence-corrected chi connectivity index (χ3v) is 2.93. The highest BCUT2D eigenvalue weighted by Crippen LogP contribution is 2.22. The van der Waals surface area contributed by atoms with Crippen LogP contribution in [-0.4, -0.2) is 14.5 Å². The minimum Gasteiger partial charge on any atom is -0.755 e. The van der Waals surface area contributed by atoms with E-state index in [9.17, 15) is 13.6 Å². The minimum absolute atomic E-state index is 0.190. The molecular weight excluding hydrogens is 264 g/mol. The number of carbonyl (C=O) groups is 1. The standard InChI is InChI=1S/C13H12N2O3S/c14-11-7-6-10(8-12(11)15-19(17)18)13(16)9-4-2-1-3-5-9/h1-8,15H,14H2,(H,17,18)/p-1. The van der Waals surface area contributed by atoms with Gasteiger partial charge < -0.3 is 15.0 Å². The Hall–Kier alpha value is -2.18. The highest BCUT2D eigenvalue weighted by molar-refractivity contribution is 7.80. The van der Waals surface area contributed by atoms with Crippen molar-refractivity contribution >= 4 is 28.4 Å². The number of nitrogens with two attached hydrogens (primary N) is 1. The van der Waals surface area contributed by atoms with Crippen LogP contribution in [-0.2, 0) is 11.3 Å². The average molecular weight is 275 g/mol. The molecule has 0 heterocycles. The van der Waals surface area contributed by atoms with Crippen LogP contribution in [0.1, 0.15) is 15.9 Å². The second-order valence-corrected chi connectivity index (χ2v) is 4.51. The van der Waals surface area contributed by atoms with Crippen LogP contribution in [0.25, 0.3) is 0 Å². The van der Waals surface area contributed by atoms with Gasteiger partial charge in [0.05, 0.1) is 11.4 Å². The molecule has 0 fully saturated rings. The van der Waals surface area contributed by atoms with Gasteiger partial charge in [0.1, 0.15) is 0 Å². The van der Waals surface area contributed by atoms with Crippen molar-refractivity contribution in [3.8, 4) is 0 Å². The molecule has 0 aliphatic rings. The van der Waals surface area contributed by atoms with E-state index in [1.165, 1.54) is 12.1 Å². The van der Waals surface area contributed by atoms with E-state index in [4.69, 9.17) is 5.73 Å². The first-order chi connectivity index (χ1) is 9.08. The monoisotopic (exact) mass is 275 g/mol. The van der Waals surface area contributed by atoms with E-state index in [2.05, 4.69) is 4.72 Å². The Balaban J connectivity index is 2.36. The molecule has 0 amide bonds. The maximum absolute atomic E-state index is 12.2. The third-order valence-electron chi connectivity index (χ3n) is 2.54. The number of nitrogens with one attached hydrogen (secondary N) is 1. The van der Waals surface area contributed by atoms with E-state index >= 15 is 0 Å². The van der Waals surface area contributed by atoms with E-state index in [-0.39, 0.29) is 17.2 Å². The first-order valence-corrected chi connectivity index (χ1v) is 6.50. The van der Waals surface area contributed by atoms with E-state index in [1.54, 1.807) is 30.3 Å². The molecule has 2 aromatic carbocycles. The molecule has 98 valence electrons. The molecule has 1 atom stereocenters. The van der Waals surface area contributed by atoms with Gasteiger partial charge in [-0.3, -0.25) is 9.00 Å². The number of hydrogen-bond donors (Lipinski definition) is 2. The Morgan fingerprint density at radius 3 is 2.42 bits per heavy atom. The molecular formula is C13H11N2O3S-. The molecule has 0 spiro atoms. The van der Waals surface area contributed by atoms with Crippen LogP contribution in [0.5, 0.6) is 0 Å². The highest BCUT2D eigenvalue weighted by Gasteiger charge is 2.10. The summed E-state index contributed by atoms with van der Waals surface area (Å²) >= 11 is -2.48. The van der Waals surface area contributed by atoms with Gasteiger partial charge in [0, 0.05) is 22.4 Å². The van der Waals surface area contributed by atoms with Crippen LogP contribution in [0, 0.1) is 0 Å². The fourth-order valence-electron chi connectivity index (χ4n) is 1.63. The van der Waals surface area contributed by atoms with Gasteiger partial charge in [0.15, 0.2) is 5.78 Å². The molecule has 2 aromatic rings. The van der Waals surface area contributed by atoms with Crippen LogP contribution >= 0.6 is 0 Å². The highest BCUT2D eigenvalue weighted by atomic mass is 32.2. The van der Waals surface area contributed by atoms with Gasteiger partial charge in [0.25, 0.3) is 0 Å². The number of hydrogen-bond acceptors (Lipinski definition) is 4.